The Bertz CT molecular complexity index is 877. The molecule has 0 fully saturated rings. The van der Waals surface area contributed by atoms with Crippen LogP contribution in [0.1, 0.15) is 11.1 Å². The van der Waals surface area contributed by atoms with Crippen LogP contribution < -0.4 is 0 Å². The summed E-state index contributed by atoms with van der Waals surface area (Å²) in [5.74, 6) is 0.807. The number of aromatic nitrogens is 3. The van der Waals surface area contributed by atoms with Gasteiger partial charge in [-0.25, -0.2) is 0 Å². The number of hydrogen-bond donors (Lipinski definition) is 1. The van der Waals surface area contributed by atoms with E-state index < -0.39 is 6.36 Å². The third-order valence-electron chi connectivity index (χ3n) is 2.81. The maximum absolute atomic E-state index is 9.91. The predicted octanol–water partition coefficient (Wildman–Crippen LogP) is 3.48. The first kappa shape index (κ1) is 18.1. The van der Waals surface area contributed by atoms with Crippen molar-refractivity contribution in [2.45, 2.75) is 13.3 Å². The van der Waals surface area contributed by atoms with Crippen molar-refractivity contribution in [1.29, 1.82) is 5.26 Å². The summed E-state index contributed by atoms with van der Waals surface area (Å²) in [6, 6.07) is 12.9. The topological polar surface area (TPSA) is 95.8 Å². The number of alkyl halides is 3. The lowest BCUT2D eigenvalue weighted by Crippen LogP contribution is -2.01. The third kappa shape index (κ3) is 5.71. The van der Waals surface area contributed by atoms with E-state index in [-0.39, 0.29) is 0 Å². The number of rotatable bonds is 2. The van der Waals surface area contributed by atoms with Crippen molar-refractivity contribution in [3.8, 4) is 29.0 Å². The summed E-state index contributed by atoms with van der Waals surface area (Å²) in [5, 5.41) is 19.3. The highest BCUT2D eigenvalue weighted by atomic mass is 19.4. The normalized spacial score (nSPS) is 10.6. The summed E-state index contributed by atoms with van der Waals surface area (Å²) in [4.78, 5) is 8.55. The number of aliphatic hydroxyl groups is 1. The summed E-state index contributed by atoms with van der Waals surface area (Å²) in [6.45, 7) is 1.96. The van der Waals surface area contributed by atoms with Crippen molar-refractivity contribution >= 4 is 0 Å². The Kier molecular flexibility index (Phi) is 5.46. The maximum Gasteiger partial charge on any atom is 0.519 e. The van der Waals surface area contributed by atoms with Crippen molar-refractivity contribution in [2.75, 3.05) is 0 Å². The molecule has 6 nitrogen and oxygen atoms in total. The van der Waals surface area contributed by atoms with Gasteiger partial charge in [0.15, 0.2) is 0 Å². The van der Waals surface area contributed by atoms with E-state index in [1.54, 1.807) is 24.4 Å². The minimum Gasteiger partial charge on any atom is -0.332 e. The van der Waals surface area contributed by atoms with Crippen LogP contribution in [0.4, 0.5) is 13.2 Å². The molecule has 1 aromatic carbocycles. The number of nitrogens with zero attached hydrogens (tertiary/aromatic N) is 4. The van der Waals surface area contributed by atoms with Gasteiger partial charge in [0.05, 0.1) is 11.6 Å². The summed E-state index contributed by atoms with van der Waals surface area (Å²) < 4.78 is 34.9. The van der Waals surface area contributed by atoms with E-state index in [1.165, 1.54) is 0 Å². The van der Waals surface area contributed by atoms with Gasteiger partial charge in [-0.05, 0) is 30.7 Å². The van der Waals surface area contributed by atoms with Crippen LogP contribution in [-0.2, 0) is 0 Å². The van der Waals surface area contributed by atoms with Crippen molar-refractivity contribution in [3.05, 3.63) is 53.7 Å². The lowest BCUT2D eigenvalue weighted by atomic mass is 10.1. The molecule has 2 aromatic heterocycles. The Morgan fingerprint density at radius 2 is 1.92 bits per heavy atom. The highest BCUT2D eigenvalue weighted by Gasteiger charge is 2.20. The molecular formula is C16H11F3N4O2. The predicted molar refractivity (Wildman–Crippen MR) is 80.7 cm³/mol. The molecule has 128 valence electrons. The molecule has 0 atom stereocenters. The zero-order chi connectivity index (χ0) is 18.4. The Balaban J connectivity index is 0.000000399. The zero-order valence-electron chi connectivity index (χ0n) is 12.8. The Morgan fingerprint density at radius 1 is 1.20 bits per heavy atom. The van der Waals surface area contributed by atoms with E-state index in [1.807, 2.05) is 25.1 Å². The minimum absolute atomic E-state index is 0.363. The van der Waals surface area contributed by atoms with Gasteiger partial charge in [0.2, 0.25) is 5.82 Å². The standard InChI is InChI=1S/C15H10N4O.CHF3O/c1-10-5-6-13(17-9-10)15-18-14(19-20-15)12-4-2-3-11(7-12)8-16;2-1(3,4)5/h2-7,9H,1H3;5H. The van der Waals surface area contributed by atoms with Crippen LogP contribution in [0.5, 0.6) is 0 Å². The number of nitriles is 1. The molecule has 0 aliphatic rings. The largest absolute Gasteiger partial charge is 0.519 e. The van der Waals surface area contributed by atoms with Gasteiger partial charge in [-0.1, -0.05) is 23.4 Å². The molecule has 0 aliphatic carbocycles. The number of halogens is 3. The van der Waals surface area contributed by atoms with Crippen LogP contribution in [0.3, 0.4) is 0 Å². The molecule has 25 heavy (non-hydrogen) atoms. The van der Waals surface area contributed by atoms with Crippen LogP contribution in [0.25, 0.3) is 23.0 Å². The minimum atomic E-state index is -5.00. The molecular weight excluding hydrogens is 337 g/mol. The Hall–Kier alpha value is -3.25. The van der Waals surface area contributed by atoms with E-state index in [0.717, 1.165) is 11.1 Å². The fourth-order valence-electron chi connectivity index (χ4n) is 1.77. The molecule has 0 radical (unpaired) electrons. The lowest BCUT2D eigenvalue weighted by molar-refractivity contribution is -0.295. The fraction of sp³-hybridized carbons (Fsp3) is 0.125. The molecule has 9 heteroatoms. The summed E-state index contributed by atoms with van der Waals surface area (Å²) in [6.07, 6.45) is -3.25. The fourth-order valence-corrected chi connectivity index (χ4v) is 1.77. The van der Waals surface area contributed by atoms with Crippen molar-refractivity contribution in [3.63, 3.8) is 0 Å². The number of pyridine rings is 1. The summed E-state index contributed by atoms with van der Waals surface area (Å²) >= 11 is 0. The molecule has 0 saturated carbocycles. The van der Waals surface area contributed by atoms with Crippen LogP contribution >= 0.6 is 0 Å². The Morgan fingerprint density at radius 3 is 2.52 bits per heavy atom. The van der Waals surface area contributed by atoms with Crippen molar-refractivity contribution < 1.29 is 22.8 Å². The van der Waals surface area contributed by atoms with E-state index in [9.17, 15) is 13.2 Å². The summed E-state index contributed by atoms with van der Waals surface area (Å²) in [5.41, 5.74) is 2.99. The monoisotopic (exact) mass is 348 g/mol. The third-order valence-corrected chi connectivity index (χ3v) is 2.81. The SMILES string of the molecule is Cc1ccc(-c2nc(-c3cccc(C#N)c3)no2)nc1.OC(F)(F)F. The molecule has 1 N–H and O–H groups in total. The number of hydrogen-bond acceptors (Lipinski definition) is 6. The van der Waals surface area contributed by atoms with Crippen LogP contribution in [-0.4, -0.2) is 26.6 Å². The summed E-state index contributed by atoms with van der Waals surface area (Å²) in [7, 11) is 0. The maximum atomic E-state index is 9.91. The van der Waals surface area contributed by atoms with Gasteiger partial charge in [-0.3, -0.25) is 4.98 Å². The van der Waals surface area contributed by atoms with Gasteiger partial charge in [-0.15, -0.1) is 13.2 Å². The average molecular weight is 348 g/mol. The van der Waals surface area contributed by atoms with Gasteiger partial charge in [0.25, 0.3) is 5.89 Å². The van der Waals surface area contributed by atoms with Crippen LogP contribution in [0.2, 0.25) is 0 Å². The van der Waals surface area contributed by atoms with Crippen LogP contribution in [0.15, 0.2) is 47.1 Å². The van der Waals surface area contributed by atoms with Crippen molar-refractivity contribution in [1.82, 2.24) is 15.1 Å². The second-order valence-corrected chi connectivity index (χ2v) is 4.80. The molecule has 0 aliphatic heterocycles. The Labute approximate surface area is 140 Å². The lowest BCUT2D eigenvalue weighted by Gasteiger charge is -1.94. The van der Waals surface area contributed by atoms with Gasteiger partial charge in [0, 0.05) is 11.8 Å². The van der Waals surface area contributed by atoms with E-state index >= 15 is 0 Å². The van der Waals surface area contributed by atoms with E-state index in [4.69, 9.17) is 14.9 Å². The smallest absolute Gasteiger partial charge is 0.332 e. The van der Waals surface area contributed by atoms with Gasteiger partial charge < -0.3 is 9.63 Å². The highest BCUT2D eigenvalue weighted by molar-refractivity contribution is 5.59. The van der Waals surface area contributed by atoms with Gasteiger partial charge in [-0.2, -0.15) is 10.2 Å². The first-order valence-electron chi connectivity index (χ1n) is 6.82. The second-order valence-electron chi connectivity index (χ2n) is 4.80. The molecule has 0 spiro atoms. The first-order valence-corrected chi connectivity index (χ1v) is 6.82. The van der Waals surface area contributed by atoms with Crippen LogP contribution in [0, 0.1) is 18.3 Å². The molecule has 3 aromatic rings. The quantitative estimate of drug-likeness (QED) is 0.762. The zero-order valence-corrected chi connectivity index (χ0v) is 12.8. The highest BCUT2D eigenvalue weighted by Crippen LogP contribution is 2.21. The van der Waals surface area contributed by atoms with Gasteiger partial charge >= 0.3 is 6.36 Å². The number of benzene rings is 1. The van der Waals surface area contributed by atoms with Crippen molar-refractivity contribution in [2.24, 2.45) is 0 Å². The average Bonchev–Trinajstić information content (AvgIpc) is 3.04. The van der Waals surface area contributed by atoms with E-state index in [2.05, 4.69) is 21.2 Å². The molecule has 0 unspecified atom stereocenters. The second kappa shape index (κ2) is 7.55. The molecule has 0 bridgehead atoms. The molecule has 0 amide bonds. The molecule has 2 heterocycles. The number of aryl methyl sites for hydroxylation is 1. The first-order chi connectivity index (χ1) is 11.8. The molecule has 0 saturated heterocycles. The van der Waals surface area contributed by atoms with E-state index in [0.29, 0.717) is 23.0 Å². The molecule has 3 rings (SSSR count). The van der Waals surface area contributed by atoms with Gasteiger partial charge in [0.1, 0.15) is 5.69 Å².